The third-order valence-electron chi connectivity index (χ3n) is 3.27. The molecule has 15 heavy (non-hydrogen) atoms. The van der Waals surface area contributed by atoms with Gasteiger partial charge in [-0.25, -0.2) is 0 Å². The number of Topliss-reactive ketones (excluding diaryl/α,β-unsaturated/α-hetero) is 1. The molecule has 1 atom stereocenters. The zero-order chi connectivity index (χ0) is 11.0. The van der Waals surface area contributed by atoms with Gasteiger partial charge in [-0.15, -0.1) is 0 Å². The van der Waals surface area contributed by atoms with Crippen molar-refractivity contribution in [2.24, 2.45) is 0 Å². The molecule has 1 aliphatic heterocycles. The lowest BCUT2D eigenvalue weighted by Crippen LogP contribution is -2.26. The van der Waals surface area contributed by atoms with Gasteiger partial charge >= 0.3 is 0 Å². The maximum absolute atomic E-state index is 11.3. The molecule has 0 saturated heterocycles. The number of anilines is 1. The normalized spacial score (nSPS) is 19.9. The minimum absolute atomic E-state index is 0.151. The van der Waals surface area contributed by atoms with Crippen LogP contribution in [-0.4, -0.2) is 19.4 Å². The lowest BCUT2D eigenvalue weighted by Gasteiger charge is -2.31. The van der Waals surface area contributed by atoms with Crippen molar-refractivity contribution in [3.8, 4) is 0 Å². The molecular formula is C13H17NO. The van der Waals surface area contributed by atoms with Gasteiger partial charge in [0.1, 0.15) is 0 Å². The first kappa shape index (κ1) is 10.2. The Morgan fingerprint density at radius 1 is 1.47 bits per heavy atom. The van der Waals surface area contributed by atoms with E-state index < -0.39 is 0 Å². The highest BCUT2D eigenvalue weighted by atomic mass is 16.1. The summed E-state index contributed by atoms with van der Waals surface area (Å²) in [6.45, 7) is 4.96. The zero-order valence-corrected chi connectivity index (χ0v) is 9.58. The van der Waals surface area contributed by atoms with Crippen LogP contribution in [0.3, 0.4) is 0 Å². The van der Waals surface area contributed by atoms with Gasteiger partial charge in [-0.1, -0.05) is 6.92 Å². The predicted molar refractivity (Wildman–Crippen MR) is 62.7 cm³/mol. The van der Waals surface area contributed by atoms with E-state index in [9.17, 15) is 4.79 Å². The summed E-state index contributed by atoms with van der Waals surface area (Å²) in [7, 11) is 2.11. The molecule has 0 saturated carbocycles. The quantitative estimate of drug-likeness (QED) is 0.654. The van der Waals surface area contributed by atoms with E-state index in [4.69, 9.17) is 0 Å². The van der Waals surface area contributed by atoms with E-state index in [-0.39, 0.29) is 5.78 Å². The molecule has 0 aromatic heterocycles. The first-order valence-electron chi connectivity index (χ1n) is 5.45. The van der Waals surface area contributed by atoms with Crippen LogP contribution in [0, 0.1) is 0 Å². The van der Waals surface area contributed by atoms with Crippen molar-refractivity contribution < 1.29 is 4.79 Å². The van der Waals surface area contributed by atoms with Gasteiger partial charge < -0.3 is 4.90 Å². The number of carbonyl (C=O) groups excluding carboxylic acids is 1. The smallest absolute Gasteiger partial charge is 0.159 e. The molecule has 1 unspecified atom stereocenters. The summed E-state index contributed by atoms with van der Waals surface area (Å²) in [6, 6.07) is 6.05. The van der Waals surface area contributed by atoms with E-state index in [2.05, 4.69) is 31.0 Å². The topological polar surface area (TPSA) is 20.3 Å². The average Bonchev–Trinajstić information content (AvgIpc) is 2.23. The molecule has 1 heterocycles. The number of nitrogens with zero attached hydrogens (tertiary/aromatic N) is 1. The van der Waals surface area contributed by atoms with Crippen LogP contribution < -0.4 is 4.90 Å². The Kier molecular flexibility index (Phi) is 2.51. The molecule has 0 radical (unpaired) electrons. The maximum atomic E-state index is 11.3. The number of ketones is 1. The summed E-state index contributed by atoms with van der Waals surface area (Å²) in [6.07, 6.45) is 1.17. The highest BCUT2D eigenvalue weighted by Gasteiger charge is 2.20. The van der Waals surface area contributed by atoms with Gasteiger partial charge in [-0.2, -0.15) is 0 Å². The van der Waals surface area contributed by atoms with E-state index in [1.165, 1.54) is 17.7 Å². The van der Waals surface area contributed by atoms with E-state index >= 15 is 0 Å². The van der Waals surface area contributed by atoms with Gasteiger partial charge in [-0.05, 0) is 43.0 Å². The molecular weight excluding hydrogens is 186 g/mol. The van der Waals surface area contributed by atoms with Gasteiger partial charge in [0.05, 0.1) is 0 Å². The van der Waals surface area contributed by atoms with Gasteiger partial charge in [0.25, 0.3) is 0 Å². The first-order chi connectivity index (χ1) is 7.09. The van der Waals surface area contributed by atoms with Crippen LogP contribution in [0.4, 0.5) is 5.69 Å². The van der Waals surface area contributed by atoms with Crippen molar-refractivity contribution in [3.63, 3.8) is 0 Å². The van der Waals surface area contributed by atoms with Crippen LogP contribution in [0.15, 0.2) is 18.2 Å². The fourth-order valence-electron chi connectivity index (χ4n) is 2.18. The Bertz CT molecular complexity index is 398. The molecule has 0 spiro atoms. The average molecular weight is 203 g/mol. The summed E-state index contributed by atoms with van der Waals surface area (Å²) in [5.41, 5.74) is 3.42. The Balaban J connectivity index is 2.49. The summed E-state index contributed by atoms with van der Waals surface area (Å²) >= 11 is 0. The number of benzene rings is 1. The third-order valence-corrected chi connectivity index (χ3v) is 3.27. The van der Waals surface area contributed by atoms with Gasteiger partial charge in [-0.3, -0.25) is 4.79 Å². The summed E-state index contributed by atoms with van der Waals surface area (Å²) in [4.78, 5) is 13.6. The highest BCUT2D eigenvalue weighted by Crippen LogP contribution is 2.34. The molecule has 0 aliphatic carbocycles. The fraction of sp³-hybridized carbons (Fsp3) is 0.462. The molecule has 0 amide bonds. The number of hydrogen-bond acceptors (Lipinski definition) is 2. The van der Waals surface area contributed by atoms with Crippen molar-refractivity contribution in [2.45, 2.75) is 26.2 Å². The SMILES string of the molecule is CC(=O)c1ccc2c(c1)C(C)CCN2C. The number of fused-ring (bicyclic) bond motifs is 1. The first-order valence-corrected chi connectivity index (χ1v) is 5.45. The van der Waals surface area contributed by atoms with Crippen molar-refractivity contribution >= 4 is 11.5 Å². The predicted octanol–water partition coefficient (Wildman–Crippen LogP) is 2.83. The molecule has 0 N–H and O–H groups in total. The molecule has 1 aromatic rings. The monoisotopic (exact) mass is 203 g/mol. The van der Waals surface area contributed by atoms with Crippen LogP contribution in [0.1, 0.15) is 42.1 Å². The van der Waals surface area contributed by atoms with Crippen LogP contribution in [0.25, 0.3) is 0 Å². The summed E-state index contributed by atoms with van der Waals surface area (Å²) < 4.78 is 0. The second kappa shape index (κ2) is 3.69. The number of carbonyl (C=O) groups is 1. The van der Waals surface area contributed by atoms with Crippen LogP contribution in [0.5, 0.6) is 0 Å². The summed E-state index contributed by atoms with van der Waals surface area (Å²) in [5.74, 6) is 0.716. The van der Waals surface area contributed by atoms with Crippen LogP contribution in [-0.2, 0) is 0 Å². The Morgan fingerprint density at radius 3 is 2.87 bits per heavy atom. The van der Waals surface area contributed by atoms with Crippen molar-refractivity contribution in [3.05, 3.63) is 29.3 Å². The second-order valence-corrected chi connectivity index (χ2v) is 4.44. The Morgan fingerprint density at radius 2 is 2.20 bits per heavy atom. The molecule has 2 heteroatoms. The van der Waals surface area contributed by atoms with E-state index in [1.54, 1.807) is 6.92 Å². The van der Waals surface area contributed by atoms with Crippen LogP contribution in [0.2, 0.25) is 0 Å². The lowest BCUT2D eigenvalue weighted by atomic mass is 9.90. The molecule has 2 nitrogen and oxygen atoms in total. The summed E-state index contributed by atoms with van der Waals surface area (Å²) in [5, 5.41) is 0. The van der Waals surface area contributed by atoms with E-state index in [0.29, 0.717) is 5.92 Å². The van der Waals surface area contributed by atoms with Gasteiger partial charge in [0.15, 0.2) is 5.78 Å². The van der Waals surface area contributed by atoms with Crippen molar-refractivity contribution in [1.29, 1.82) is 0 Å². The fourth-order valence-corrected chi connectivity index (χ4v) is 2.18. The minimum Gasteiger partial charge on any atom is -0.374 e. The second-order valence-electron chi connectivity index (χ2n) is 4.44. The molecule has 80 valence electrons. The zero-order valence-electron chi connectivity index (χ0n) is 9.58. The van der Waals surface area contributed by atoms with E-state index in [1.807, 2.05) is 6.07 Å². The van der Waals surface area contributed by atoms with E-state index in [0.717, 1.165) is 12.1 Å². The van der Waals surface area contributed by atoms with Crippen LogP contribution >= 0.6 is 0 Å². The third kappa shape index (κ3) is 1.76. The molecule has 0 bridgehead atoms. The number of rotatable bonds is 1. The van der Waals surface area contributed by atoms with Gasteiger partial charge in [0, 0.05) is 24.8 Å². The number of hydrogen-bond donors (Lipinski definition) is 0. The highest BCUT2D eigenvalue weighted by molar-refractivity contribution is 5.94. The minimum atomic E-state index is 0.151. The molecule has 0 fully saturated rings. The van der Waals surface area contributed by atoms with Gasteiger partial charge in [0.2, 0.25) is 0 Å². The molecule has 1 aliphatic rings. The molecule has 2 rings (SSSR count). The molecule has 1 aromatic carbocycles. The Hall–Kier alpha value is -1.31. The van der Waals surface area contributed by atoms with Crippen molar-refractivity contribution in [1.82, 2.24) is 0 Å². The Labute approximate surface area is 90.9 Å². The van der Waals surface area contributed by atoms with Crippen molar-refractivity contribution in [2.75, 3.05) is 18.5 Å². The largest absolute Gasteiger partial charge is 0.374 e. The lowest BCUT2D eigenvalue weighted by molar-refractivity contribution is 0.101. The maximum Gasteiger partial charge on any atom is 0.159 e. The standard InChI is InChI=1S/C13H17NO/c1-9-6-7-14(3)13-5-4-11(10(2)15)8-12(9)13/h4-5,8-9H,6-7H2,1-3H3.